The van der Waals surface area contributed by atoms with Crippen molar-refractivity contribution in [2.75, 3.05) is 14.7 Å². The van der Waals surface area contributed by atoms with E-state index in [0.29, 0.717) is 127 Å². The normalized spacial score (nSPS) is 24.1. The van der Waals surface area contributed by atoms with E-state index in [0.717, 1.165) is 54.2 Å². The number of benzene rings is 12. The van der Waals surface area contributed by atoms with Gasteiger partial charge >= 0.3 is 0 Å². The summed E-state index contributed by atoms with van der Waals surface area (Å²) in [5.74, 6) is -31.0. The summed E-state index contributed by atoms with van der Waals surface area (Å²) in [6.45, 7) is 11.3. The second-order valence-electron chi connectivity index (χ2n) is 30.9. The molecule has 6 aliphatic rings. The molecule has 3 nitrogen and oxygen atoms in total. The lowest BCUT2D eigenvalue weighted by Crippen LogP contribution is -2.55. The fourth-order valence-corrected chi connectivity index (χ4v) is 20.5. The zero-order valence-electron chi connectivity index (χ0n) is 57.2. The summed E-state index contributed by atoms with van der Waals surface area (Å²) in [6.07, 6.45) is 6.26. The third kappa shape index (κ3) is 8.20. The Hall–Kier alpha value is -9.71. The Morgan fingerprint density at radius 3 is 0.865 bits per heavy atom. The van der Waals surface area contributed by atoms with Gasteiger partial charge in [0.15, 0.2) is 69.8 Å². The molecule has 104 heavy (non-hydrogen) atoms. The number of fused-ring (bicyclic) bond motifs is 10. The molecule has 3 aliphatic heterocycles. The summed E-state index contributed by atoms with van der Waals surface area (Å²) >= 11 is 0. The van der Waals surface area contributed by atoms with E-state index in [1.807, 2.05) is 113 Å². The molecule has 18 heteroatoms. The lowest BCUT2D eigenvalue weighted by atomic mass is 9.61. The molecule has 3 fully saturated rings. The van der Waals surface area contributed by atoms with Gasteiger partial charge in [0.25, 0.3) is 0 Å². The van der Waals surface area contributed by atoms with E-state index >= 15 is 52.7 Å². The average Bonchev–Trinajstić information content (AvgIpc) is 1.44. The van der Waals surface area contributed by atoms with Crippen LogP contribution in [0.2, 0.25) is 0 Å². The summed E-state index contributed by atoms with van der Waals surface area (Å²) in [5.41, 5.74) is -1.47. The highest BCUT2D eigenvalue weighted by molar-refractivity contribution is 6.32. The van der Waals surface area contributed by atoms with E-state index in [1.54, 1.807) is 50.2 Å². The number of rotatable bonds is 7. The lowest BCUT2D eigenvalue weighted by molar-refractivity contribution is 0.192. The minimum atomic E-state index is -2.28. The molecular formula is C86H64F15N3. The van der Waals surface area contributed by atoms with Gasteiger partial charge in [-0.25, -0.2) is 65.9 Å². The van der Waals surface area contributed by atoms with Crippen LogP contribution in [0.15, 0.2) is 133 Å². The molecule has 0 N–H and O–H groups in total. The molecule has 0 spiro atoms. The number of anilines is 6. The molecule has 12 aromatic carbocycles. The average molecular weight is 1420 g/mol. The summed E-state index contributed by atoms with van der Waals surface area (Å²) in [7, 11) is 0. The van der Waals surface area contributed by atoms with Crippen LogP contribution >= 0.6 is 0 Å². The SMILES string of the molecule is CC12CCCCC1(C)N(c1c(F)c(F)c(F)c(F)c1F)c1ccc(-c3cc(-c4ccc5c(c4)C4(C)CCCCC4(C)N5c4c(F)c(F)c(F)c(F)c4F)c4ccc5c(-c6cccc7ccccc67)cc(-c6ccc7c(c6)C6(C)CCCCC6(C)N7c6c(F)c(F)c(F)c(F)c6F)c6ccc3c4c65)cc12. The van der Waals surface area contributed by atoms with E-state index < -0.39 is 137 Å². The van der Waals surface area contributed by atoms with Crippen molar-refractivity contribution in [1.82, 2.24) is 0 Å². The van der Waals surface area contributed by atoms with Crippen molar-refractivity contribution < 1.29 is 65.9 Å². The van der Waals surface area contributed by atoms with Gasteiger partial charge in [-0.1, -0.05) is 144 Å². The Bertz CT molecular complexity index is 5560. The Morgan fingerprint density at radius 2 is 0.529 bits per heavy atom. The Kier molecular flexibility index (Phi) is 14.1. The van der Waals surface area contributed by atoms with Crippen LogP contribution in [0.25, 0.3) is 87.6 Å². The first-order valence-electron chi connectivity index (χ1n) is 35.2. The van der Waals surface area contributed by atoms with Crippen LogP contribution in [0.4, 0.5) is 100.0 Å². The number of hydrogen-bond donors (Lipinski definition) is 0. The van der Waals surface area contributed by atoms with Crippen molar-refractivity contribution in [3.05, 3.63) is 237 Å². The molecule has 0 radical (unpaired) electrons. The molecule has 0 bridgehead atoms. The highest BCUT2D eigenvalue weighted by Gasteiger charge is 2.62. The second-order valence-corrected chi connectivity index (χ2v) is 30.9. The summed E-state index contributed by atoms with van der Waals surface area (Å²) in [6, 6.07) is 42.4. The lowest BCUT2D eigenvalue weighted by Gasteiger charge is -2.50. The monoisotopic (exact) mass is 1420 g/mol. The predicted molar refractivity (Wildman–Crippen MR) is 377 cm³/mol. The molecule has 3 aliphatic carbocycles. The van der Waals surface area contributed by atoms with Crippen LogP contribution in [0, 0.1) is 87.3 Å². The van der Waals surface area contributed by atoms with Crippen LogP contribution in [-0.4, -0.2) is 16.6 Å². The quantitative estimate of drug-likeness (QED) is 0.0681. The van der Waals surface area contributed by atoms with Gasteiger partial charge in [0, 0.05) is 33.3 Å². The third-order valence-corrected chi connectivity index (χ3v) is 26.5. The topological polar surface area (TPSA) is 9.72 Å². The molecule has 12 aromatic rings. The molecule has 3 heterocycles. The van der Waals surface area contributed by atoms with Crippen molar-refractivity contribution in [3.8, 4) is 44.5 Å². The van der Waals surface area contributed by atoms with Crippen molar-refractivity contribution in [2.24, 2.45) is 0 Å². The van der Waals surface area contributed by atoms with Crippen LogP contribution in [0.1, 0.15) is 135 Å². The van der Waals surface area contributed by atoms with E-state index in [4.69, 9.17) is 0 Å². The third-order valence-electron chi connectivity index (χ3n) is 26.5. The first-order chi connectivity index (χ1) is 49.6. The highest BCUT2D eigenvalue weighted by atomic mass is 19.2. The maximum Gasteiger partial charge on any atom is 0.200 e. The number of nitrogens with zero attached hydrogens (tertiary/aromatic N) is 3. The smallest absolute Gasteiger partial charge is 0.200 e. The predicted octanol–water partition coefficient (Wildman–Crippen LogP) is 25.7. The minimum Gasteiger partial charge on any atom is -0.329 e. The molecule has 528 valence electrons. The van der Waals surface area contributed by atoms with Gasteiger partial charge in [0.05, 0.1) is 16.6 Å². The van der Waals surface area contributed by atoms with Crippen LogP contribution in [-0.2, 0) is 16.2 Å². The first kappa shape index (κ1) is 66.3. The van der Waals surface area contributed by atoms with E-state index in [9.17, 15) is 13.2 Å². The first-order valence-corrected chi connectivity index (χ1v) is 35.2. The maximum atomic E-state index is 16.5. The largest absolute Gasteiger partial charge is 0.329 e. The van der Waals surface area contributed by atoms with E-state index in [2.05, 4.69) is 12.1 Å². The molecule has 3 saturated carbocycles. The minimum absolute atomic E-state index is 0.249. The molecule has 6 atom stereocenters. The van der Waals surface area contributed by atoms with Crippen LogP contribution in [0.5, 0.6) is 0 Å². The molecule has 0 aromatic heterocycles. The van der Waals surface area contributed by atoms with Gasteiger partial charge in [-0.3, -0.25) is 0 Å². The van der Waals surface area contributed by atoms with Gasteiger partial charge < -0.3 is 14.7 Å². The zero-order chi connectivity index (χ0) is 72.9. The number of hydrogen-bond acceptors (Lipinski definition) is 3. The van der Waals surface area contributed by atoms with E-state index in [1.165, 1.54) is 14.7 Å². The maximum absolute atomic E-state index is 16.5. The van der Waals surface area contributed by atoms with Gasteiger partial charge in [0.1, 0.15) is 17.1 Å². The summed E-state index contributed by atoms with van der Waals surface area (Å²) in [4.78, 5) is 3.89. The second kappa shape index (κ2) is 22.2. The van der Waals surface area contributed by atoms with Crippen molar-refractivity contribution in [3.63, 3.8) is 0 Å². The van der Waals surface area contributed by atoms with Crippen LogP contribution < -0.4 is 14.7 Å². The van der Waals surface area contributed by atoms with Gasteiger partial charge in [0.2, 0.25) is 17.5 Å². The summed E-state index contributed by atoms with van der Waals surface area (Å²) < 4.78 is 236. The van der Waals surface area contributed by atoms with Gasteiger partial charge in [-0.05, 0) is 212 Å². The fourth-order valence-electron chi connectivity index (χ4n) is 20.5. The molecular weight excluding hydrogens is 1360 g/mol. The van der Waals surface area contributed by atoms with Crippen molar-refractivity contribution in [2.45, 2.75) is 151 Å². The Labute approximate surface area is 588 Å². The zero-order valence-corrected chi connectivity index (χ0v) is 57.2. The van der Waals surface area contributed by atoms with Crippen molar-refractivity contribution in [1.29, 1.82) is 0 Å². The Morgan fingerprint density at radius 1 is 0.250 bits per heavy atom. The number of halogens is 15. The van der Waals surface area contributed by atoms with E-state index in [-0.39, 0.29) is 17.1 Å². The van der Waals surface area contributed by atoms with Gasteiger partial charge in [-0.2, -0.15) is 0 Å². The standard InChI is InChI=1S/C86H64F15N3/c1-81-30-9-12-33-84(81,4)102(78-72(96)66(90)63(87)67(91)73(78)97)58-27-20-42(36-55(58)81)51-39-52(43-21-28-59-56(37-43)82(2)31-10-13-34-85(82,5)103(59)79-74(98)68(92)64(88)69(93)75(79)99)48-25-26-50-54(46-19-15-17-41-16-7-8-18-45(41)46)40-53(49-24-23-47(51)61(48)62(49)50)44-22-29-60-57(38-44)83(3)32-11-14-35-86(83,6)104(60)80-76(100)70(94)65(89)71(95)77(80)101/h7-8,15-29,36-40H,9-14,30-35H2,1-6H3. The molecule has 6 unspecified atom stereocenters. The molecule has 0 amide bonds. The van der Waals surface area contributed by atoms with Gasteiger partial charge in [-0.15, -0.1) is 0 Å². The van der Waals surface area contributed by atoms with Crippen LogP contribution in [0.3, 0.4) is 0 Å². The van der Waals surface area contributed by atoms with Crippen molar-refractivity contribution >= 4 is 77.2 Å². The summed E-state index contributed by atoms with van der Waals surface area (Å²) in [5, 5.41) is 6.36. The molecule has 0 saturated heterocycles. The highest BCUT2D eigenvalue weighted by Crippen LogP contribution is 2.67. The Balaban J connectivity index is 0.937. The fraction of sp³-hybridized carbons (Fsp3) is 0.279. The molecule has 18 rings (SSSR count).